The van der Waals surface area contributed by atoms with Crippen molar-refractivity contribution in [3.63, 3.8) is 0 Å². The van der Waals surface area contributed by atoms with Crippen LogP contribution in [0.2, 0.25) is 0 Å². The number of nitrogens with zero attached hydrogens (tertiary/aromatic N) is 1. The molecule has 0 heterocycles. The van der Waals surface area contributed by atoms with E-state index in [1.54, 1.807) is 4.90 Å². The zero-order valence-electron chi connectivity index (χ0n) is 12.9. The Morgan fingerprint density at radius 1 is 1.15 bits per heavy atom. The first kappa shape index (κ1) is 18.7. The molecular formula is C16H29NO3. The molecule has 1 unspecified atom stereocenters. The van der Waals surface area contributed by atoms with Crippen LogP contribution in [0.3, 0.4) is 0 Å². The first-order valence-corrected chi connectivity index (χ1v) is 7.68. The van der Waals surface area contributed by atoms with Crippen molar-refractivity contribution in [2.45, 2.75) is 58.8 Å². The molecule has 4 nitrogen and oxygen atoms in total. The van der Waals surface area contributed by atoms with E-state index in [-0.39, 0.29) is 18.2 Å². The number of hydrogen-bond acceptors (Lipinski definition) is 2. The topological polar surface area (TPSA) is 57.6 Å². The average molecular weight is 283 g/mol. The van der Waals surface area contributed by atoms with Gasteiger partial charge >= 0.3 is 5.97 Å². The van der Waals surface area contributed by atoms with Crippen molar-refractivity contribution in [3.8, 4) is 0 Å². The molecule has 1 amide bonds. The Balaban J connectivity index is 4.24. The molecule has 0 aliphatic rings. The number of carboxylic acid groups (broad SMARTS) is 1. The van der Waals surface area contributed by atoms with Gasteiger partial charge in [-0.3, -0.25) is 9.59 Å². The summed E-state index contributed by atoms with van der Waals surface area (Å²) in [5.41, 5.74) is 0. The van der Waals surface area contributed by atoms with Crippen molar-refractivity contribution in [2.24, 2.45) is 5.92 Å². The number of carbonyl (C=O) groups excluding carboxylic acids is 1. The molecule has 1 atom stereocenters. The van der Waals surface area contributed by atoms with Crippen LogP contribution in [-0.2, 0) is 9.59 Å². The third-order valence-electron chi connectivity index (χ3n) is 3.56. The third kappa shape index (κ3) is 7.97. The van der Waals surface area contributed by atoms with Gasteiger partial charge in [-0.2, -0.15) is 0 Å². The molecule has 0 saturated carbocycles. The molecule has 20 heavy (non-hydrogen) atoms. The van der Waals surface area contributed by atoms with E-state index in [2.05, 4.69) is 6.58 Å². The summed E-state index contributed by atoms with van der Waals surface area (Å²) < 4.78 is 0. The highest BCUT2D eigenvalue weighted by Gasteiger charge is 2.24. The van der Waals surface area contributed by atoms with Gasteiger partial charge in [-0.05, 0) is 33.1 Å². The highest BCUT2D eigenvalue weighted by molar-refractivity contribution is 5.83. The van der Waals surface area contributed by atoms with Gasteiger partial charge in [0.05, 0.1) is 6.42 Å². The standard InChI is InChI=1S/C16H29NO3/c1-4-7-8-9-10-11-12-14(13-15(18)19)16(20)17(5-2)6-3/h4,14H,1,5-13H2,2-3H3,(H,18,19). The summed E-state index contributed by atoms with van der Waals surface area (Å²) in [4.78, 5) is 24.9. The van der Waals surface area contributed by atoms with Crippen molar-refractivity contribution < 1.29 is 14.7 Å². The summed E-state index contributed by atoms with van der Waals surface area (Å²) in [6.07, 6.45) is 7.77. The van der Waals surface area contributed by atoms with E-state index in [1.807, 2.05) is 19.9 Å². The minimum absolute atomic E-state index is 0.0107. The van der Waals surface area contributed by atoms with Gasteiger partial charge in [0, 0.05) is 19.0 Å². The van der Waals surface area contributed by atoms with Crippen LogP contribution < -0.4 is 0 Å². The lowest BCUT2D eigenvalue weighted by Crippen LogP contribution is -2.36. The van der Waals surface area contributed by atoms with Crippen LogP contribution >= 0.6 is 0 Å². The van der Waals surface area contributed by atoms with Crippen LogP contribution in [0, 0.1) is 5.92 Å². The van der Waals surface area contributed by atoms with E-state index in [0.717, 1.165) is 32.1 Å². The number of rotatable bonds is 12. The van der Waals surface area contributed by atoms with Crippen LogP contribution in [0.15, 0.2) is 12.7 Å². The molecule has 0 aliphatic carbocycles. The minimum atomic E-state index is -0.887. The molecule has 0 radical (unpaired) electrons. The van der Waals surface area contributed by atoms with E-state index in [0.29, 0.717) is 19.5 Å². The molecule has 116 valence electrons. The fourth-order valence-electron chi connectivity index (χ4n) is 2.35. The zero-order chi connectivity index (χ0) is 15.4. The first-order chi connectivity index (χ1) is 9.56. The zero-order valence-corrected chi connectivity index (χ0v) is 12.9. The number of aliphatic carboxylic acids is 1. The Bertz CT molecular complexity index is 298. The van der Waals surface area contributed by atoms with Crippen molar-refractivity contribution in [1.29, 1.82) is 0 Å². The van der Waals surface area contributed by atoms with Gasteiger partial charge in [-0.25, -0.2) is 0 Å². The van der Waals surface area contributed by atoms with Gasteiger partial charge in [0.1, 0.15) is 0 Å². The molecule has 0 rings (SSSR count). The second kappa shape index (κ2) is 11.5. The van der Waals surface area contributed by atoms with Crippen molar-refractivity contribution in [1.82, 2.24) is 4.90 Å². The summed E-state index contributed by atoms with van der Waals surface area (Å²) in [5, 5.41) is 8.95. The fourth-order valence-corrected chi connectivity index (χ4v) is 2.35. The molecule has 1 N–H and O–H groups in total. The van der Waals surface area contributed by atoms with Crippen LogP contribution in [0.4, 0.5) is 0 Å². The number of allylic oxidation sites excluding steroid dienone is 1. The van der Waals surface area contributed by atoms with E-state index >= 15 is 0 Å². The maximum absolute atomic E-state index is 12.3. The monoisotopic (exact) mass is 283 g/mol. The Kier molecular flexibility index (Phi) is 10.7. The molecule has 4 heteroatoms. The Morgan fingerprint density at radius 3 is 2.25 bits per heavy atom. The molecule has 0 aromatic heterocycles. The Morgan fingerprint density at radius 2 is 1.75 bits per heavy atom. The molecule has 0 fully saturated rings. The van der Waals surface area contributed by atoms with Crippen molar-refractivity contribution >= 4 is 11.9 Å². The van der Waals surface area contributed by atoms with Gasteiger partial charge in [-0.15, -0.1) is 6.58 Å². The molecule has 0 aliphatic heterocycles. The van der Waals surface area contributed by atoms with Crippen LogP contribution in [-0.4, -0.2) is 35.0 Å². The molecule has 0 saturated heterocycles. The normalized spacial score (nSPS) is 11.9. The quantitative estimate of drug-likeness (QED) is 0.441. The van der Waals surface area contributed by atoms with Gasteiger partial charge in [0.15, 0.2) is 0 Å². The smallest absolute Gasteiger partial charge is 0.304 e. The summed E-state index contributed by atoms with van der Waals surface area (Å²) >= 11 is 0. The molecule has 0 spiro atoms. The van der Waals surface area contributed by atoms with Gasteiger partial charge in [0.25, 0.3) is 0 Å². The highest BCUT2D eigenvalue weighted by atomic mass is 16.4. The Labute approximate surface area is 122 Å². The second-order valence-electron chi connectivity index (χ2n) is 5.09. The van der Waals surface area contributed by atoms with Crippen LogP contribution in [0.25, 0.3) is 0 Å². The molecular weight excluding hydrogens is 254 g/mol. The van der Waals surface area contributed by atoms with Gasteiger partial charge in [-0.1, -0.05) is 25.3 Å². The SMILES string of the molecule is C=CCCCCCCC(CC(=O)O)C(=O)N(CC)CC. The minimum Gasteiger partial charge on any atom is -0.481 e. The lowest BCUT2D eigenvalue weighted by molar-refractivity contribution is -0.144. The summed E-state index contributed by atoms with van der Waals surface area (Å²) in [5.74, 6) is -1.27. The fraction of sp³-hybridized carbons (Fsp3) is 0.750. The highest BCUT2D eigenvalue weighted by Crippen LogP contribution is 2.18. The van der Waals surface area contributed by atoms with Crippen molar-refractivity contribution in [2.75, 3.05) is 13.1 Å². The van der Waals surface area contributed by atoms with Gasteiger partial charge < -0.3 is 10.0 Å². The number of carbonyl (C=O) groups is 2. The second-order valence-corrected chi connectivity index (χ2v) is 5.09. The summed E-state index contributed by atoms with van der Waals surface area (Å²) in [6, 6.07) is 0. The maximum atomic E-state index is 12.3. The summed E-state index contributed by atoms with van der Waals surface area (Å²) in [7, 11) is 0. The molecule has 0 aromatic carbocycles. The third-order valence-corrected chi connectivity index (χ3v) is 3.56. The maximum Gasteiger partial charge on any atom is 0.304 e. The Hall–Kier alpha value is -1.32. The number of amides is 1. The van der Waals surface area contributed by atoms with Crippen molar-refractivity contribution in [3.05, 3.63) is 12.7 Å². The van der Waals surface area contributed by atoms with E-state index in [9.17, 15) is 9.59 Å². The van der Waals surface area contributed by atoms with E-state index < -0.39 is 5.97 Å². The predicted molar refractivity (Wildman–Crippen MR) is 81.6 cm³/mol. The molecule has 0 bridgehead atoms. The van der Waals surface area contributed by atoms with Crippen LogP contribution in [0.1, 0.15) is 58.8 Å². The average Bonchev–Trinajstić information content (AvgIpc) is 2.42. The number of hydrogen-bond donors (Lipinski definition) is 1. The first-order valence-electron chi connectivity index (χ1n) is 7.68. The lowest BCUT2D eigenvalue weighted by atomic mass is 9.95. The molecule has 0 aromatic rings. The summed E-state index contributed by atoms with van der Waals surface area (Å²) in [6.45, 7) is 8.82. The predicted octanol–water partition coefficient (Wildman–Crippen LogP) is 3.47. The van der Waals surface area contributed by atoms with Crippen LogP contribution in [0.5, 0.6) is 0 Å². The number of unbranched alkanes of at least 4 members (excludes halogenated alkanes) is 4. The van der Waals surface area contributed by atoms with E-state index in [1.165, 1.54) is 0 Å². The van der Waals surface area contributed by atoms with Gasteiger partial charge in [0.2, 0.25) is 5.91 Å². The lowest BCUT2D eigenvalue weighted by Gasteiger charge is -2.24. The number of carboxylic acids is 1. The largest absolute Gasteiger partial charge is 0.481 e. The van der Waals surface area contributed by atoms with E-state index in [4.69, 9.17) is 5.11 Å².